The van der Waals surface area contributed by atoms with Crippen molar-refractivity contribution in [3.63, 3.8) is 0 Å². The SMILES string of the molecule is CNS(=O)(=O)c1cc(N)ccc1OCCOCC(C)C. The van der Waals surface area contributed by atoms with Gasteiger partial charge in [-0.1, -0.05) is 13.8 Å². The van der Waals surface area contributed by atoms with Crippen LogP contribution in [0, 0.1) is 5.92 Å². The predicted octanol–water partition coefficient (Wildman–Crippen LogP) is 1.23. The van der Waals surface area contributed by atoms with Crippen molar-refractivity contribution in [1.29, 1.82) is 0 Å². The predicted molar refractivity (Wildman–Crippen MR) is 78.3 cm³/mol. The van der Waals surface area contributed by atoms with E-state index in [4.69, 9.17) is 15.2 Å². The standard InChI is InChI=1S/C13H22N2O4S/c1-10(2)9-18-6-7-19-12-5-4-11(14)8-13(12)20(16,17)15-3/h4-5,8,10,15H,6-7,9,14H2,1-3H3. The van der Waals surface area contributed by atoms with Crippen LogP contribution in [-0.2, 0) is 14.8 Å². The summed E-state index contributed by atoms with van der Waals surface area (Å²) in [5, 5.41) is 0. The van der Waals surface area contributed by atoms with E-state index in [0.29, 0.717) is 24.8 Å². The van der Waals surface area contributed by atoms with Gasteiger partial charge in [0.05, 0.1) is 6.61 Å². The highest BCUT2D eigenvalue weighted by atomic mass is 32.2. The zero-order valence-electron chi connectivity index (χ0n) is 12.0. The van der Waals surface area contributed by atoms with Gasteiger partial charge in [-0.15, -0.1) is 0 Å². The Labute approximate surface area is 120 Å². The van der Waals surface area contributed by atoms with E-state index in [1.165, 1.54) is 13.1 Å². The van der Waals surface area contributed by atoms with Crippen LogP contribution in [0.2, 0.25) is 0 Å². The van der Waals surface area contributed by atoms with E-state index in [2.05, 4.69) is 18.6 Å². The Morgan fingerprint density at radius 2 is 2.00 bits per heavy atom. The summed E-state index contributed by atoms with van der Waals surface area (Å²) < 4.78 is 36.8. The maximum absolute atomic E-state index is 11.9. The smallest absolute Gasteiger partial charge is 0.244 e. The Hall–Kier alpha value is -1.31. The molecule has 0 saturated heterocycles. The fourth-order valence-corrected chi connectivity index (χ4v) is 2.40. The topological polar surface area (TPSA) is 90.7 Å². The molecular formula is C13H22N2O4S. The second-order valence-electron chi connectivity index (χ2n) is 4.73. The van der Waals surface area contributed by atoms with Crippen molar-refractivity contribution in [2.75, 3.05) is 32.6 Å². The number of sulfonamides is 1. The summed E-state index contributed by atoms with van der Waals surface area (Å²) in [4.78, 5) is 0.0314. The fourth-order valence-electron chi connectivity index (χ4n) is 1.49. The first-order valence-electron chi connectivity index (χ1n) is 6.40. The Kier molecular flexibility index (Phi) is 6.25. The molecular weight excluding hydrogens is 280 g/mol. The van der Waals surface area contributed by atoms with Gasteiger partial charge in [-0.25, -0.2) is 13.1 Å². The normalized spacial score (nSPS) is 11.8. The molecule has 3 N–H and O–H groups in total. The molecule has 7 heteroatoms. The molecule has 0 aliphatic heterocycles. The van der Waals surface area contributed by atoms with Gasteiger partial charge in [-0.3, -0.25) is 0 Å². The summed E-state index contributed by atoms with van der Waals surface area (Å²) in [5.41, 5.74) is 5.98. The highest BCUT2D eigenvalue weighted by Gasteiger charge is 2.18. The van der Waals surface area contributed by atoms with Crippen molar-refractivity contribution in [2.45, 2.75) is 18.7 Å². The van der Waals surface area contributed by atoms with Crippen LogP contribution < -0.4 is 15.2 Å². The average molecular weight is 302 g/mol. The minimum atomic E-state index is -3.60. The largest absolute Gasteiger partial charge is 0.490 e. The zero-order valence-corrected chi connectivity index (χ0v) is 12.9. The van der Waals surface area contributed by atoms with Crippen LogP contribution in [0.15, 0.2) is 23.1 Å². The second kappa shape index (κ2) is 7.47. The minimum Gasteiger partial charge on any atom is -0.490 e. The maximum atomic E-state index is 11.9. The van der Waals surface area contributed by atoms with E-state index in [1.54, 1.807) is 12.1 Å². The third-order valence-electron chi connectivity index (χ3n) is 2.46. The third kappa shape index (κ3) is 4.99. The molecule has 6 nitrogen and oxygen atoms in total. The van der Waals surface area contributed by atoms with Crippen LogP contribution in [0.25, 0.3) is 0 Å². The van der Waals surface area contributed by atoms with Gasteiger partial charge in [0, 0.05) is 12.3 Å². The monoisotopic (exact) mass is 302 g/mol. The van der Waals surface area contributed by atoms with Crippen LogP contribution >= 0.6 is 0 Å². The van der Waals surface area contributed by atoms with Crippen molar-refractivity contribution in [3.05, 3.63) is 18.2 Å². The number of nitrogens with two attached hydrogens (primary N) is 1. The van der Waals surface area contributed by atoms with E-state index >= 15 is 0 Å². The number of anilines is 1. The molecule has 0 aliphatic rings. The minimum absolute atomic E-state index is 0.0314. The van der Waals surface area contributed by atoms with E-state index in [9.17, 15) is 8.42 Å². The van der Waals surface area contributed by atoms with Crippen LogP contribution in [0.4, 0.5) is 5.69 Å². The number of hydrogen-bond acceptors (Lipinski definition) is 5. The molecule has 0 heterocycles. The molecule has 114 valence electrons. The molecule has 0 spiro atoms. The lowest BCUT2D eigenvalue weighted by atomic mass is 10.2. The Morgan fingerprint density at radius 3 is 2.60 bits per heavy atom. The van der Waals surface area contributed by atoms with Crippen LogP contribution in [-0.4, -0.2) is 35.3 Å². The maximum Gasteiger partial charge on any atom is 0.244 e. The molecule has 1 rings (SSSR count). The van der Waals surface area contributed by atoms with Crippen molar-refractivity contribution in [2.24, 2.45) is 5.92 Å². The van der Waals surface area contributed by atoms with Gasteiger partial charge in [0.1, 0.15) is 17.3 Å². The van der Waals surface area contributed by atoms with Gasteiger partial charge in [-0.2, -0.15) is 0 Å². The van der Waals surface area contributed by atoms with E-state index in [0.717, 1.165) is 0 Å². The summed E-state index contributed by atoms with van der Waals surface area (Å²) in [6.45, 7) is 5.44. The highest BCUT2D eigenvalue weighted by Crippen LogP contribution is 2.25. The summed E-state index contributed by atoms with van der Waals surface area (Å²) in [6.07, 6.45) is 0. The molecule has 0 fully saturated rings. The third-order valence-corrected chi connectivity index (χ3v) is 3.90. The summed E-state index contributed by atoms with van der Waals surface area (Å²) in [7, 11) is -2.26. The number of hydrogen-bond donors (Lipinski definition) is 2. The van der Waals surface area contributed by atoms with E-state index < -0.39 is 10.0 Å². The second-order valence-corrected chi connectivity index (χ2v) is 6.59. The molecule has 1 aromatic rings. The van der Waals surface area contributed by atoms with Crippen molar-refractivity contribution in [3.8, 4) is 5.75 Å². The van der Waals surface area contributed by atoms with Crippen molar-refractivity contribution < 1.29 is 17.9 Å². The van der Waals surface area contributed by atoms with Gasteiger partial charge >= 0.3 is 0 Å². The first kappa shape index (κ1) is 16.7. The van der Waals surface area contributed by atoms with Gasteiger partial charge in [0.2, 0.25) is 10.0 Å². The molecule has 0 unspecified atom stereocenters. The lowest BCUT2D eigenvalue weighted by Gasteiger charge is -2.13. The Bertz CT molecular complexity index is 529. The lowest BCUT2D eigenvalue weighted by molar-refractivity contribution is 0.0811. The first-order valence-corrected chi connectivity index (χ1v) is 7.88. The molecule has 0 saturated carbocycles. The van der Waals surface area contributed by atoms with Crippen LogP contribution in [0.1, 0.15) is 13.8 Å². The van der Waals surface area contributed by atoms with E-state index in [1.807, 2.05) is 0 Å². The molecule has 0 atom stereocenters. The Morgan fingerprint density at radius 1 is 1.30 bits per heavy atom. The molecule has 0 radical (unpaired) electrons. The molecule has 20 heavy (non-hydrogen) atoms. The molecule has 0 amide bonds. The summed E-state index contributed by atoms with van der Waals surface area (Å²) in [5.74, 6) is 0.716. The summed E-state index contributed by atoms with van der Waals surface area (Å²) >= 11 is 0. The summed E-state index contributed by atoms with van der Waals surface area (Å²) in [6, 6.07) is 4.51. The van der Waals surface area contributed by atoms with Crippen molar-refractivity contribution >= 4 is 15.7 Å². The van der Waals surface area contributed by atoms with Gasteiger partial charge in [0.25, 0.3) is 0 Å². The molecule has 0 aliphatic carbocycles. The van der Waals surface area contributed by atoms with Gasteiger partial charge in [-0.05, 0) is 31.2 Å². The van der Waals surface area contributed by atoms with Gasteiger partial charge in [0.15, 0.2) is 0 Å². The Balaban J connectivity index is 2.71. The molecule has 0 bridgehead atoms. The number of ether oxygens (including phenoxy) is 2. The number of nitrogens with one attached hydrogen (secondary N) is 1. The van der Waals surface area contributed by atoms with Gasteiger partial charge < -0.3 is 15.2 Å². The highest BCUT2D eigenvalue weighted by molar-refractivity contribution is 7.89. The van der Waals surface area contributed by atoms with Crippen LogP contribution in [0.5, 0.6) is 5.75 Å². The number of benzene rings is 1. The zero-order chi connectivity index (χ0) is 15.2. The fraction of sp³-hybridized carbons (Fsp3) is 0.538. The van der Waals surface area contributed by atoms with E-state index in [-0.39, 0.29) is 17.3 Å². The quantitative estimate of drug-likeness (QED) is 0.557. The molecule has 0 aromatic heterocycles. The average Bonchev–Trinajstić information content (AvgIpc) is 2.39. The van der Waals surface area contributed by atoms with Crippen LogP contribution in [0.3, 0.4) is 0 Å². The lowest BCUT2D eigenvalue weighted by Crippen LogP contribution is -2.20. The molecule has 1 aromatic carbocycles. The van der Waals surface area contributed by atoms with Crippen molar-refractivity contribution in [1.82, 2.24) is 4.72 Å². The number of nitrogen functional groups attached to an aromatic ring is 1. The first-order chi connectivity index (χ1) is 9.36. The number of rotatable bonds is 8.